The zero-order chi connectivity index (χ0) is 50.6. The second-order valence-corrected chi connectivity index (χ2v) is 41.5. The normalized spacial score (nSPS) is 13.0. The van der Waals surface area contributed by atoms with Crippen LogP contribution in [-0.4, -0.2) is 199 Å². The molecule has 60 heavy (non-hydrogen) atoms. The van der Waals surface area contributed by atoms with Crippen LogP contribution in [0.25, 0.3) is 0 Å². The van der Waals surface area contributed by atoms with E-state index >= 15 is 0 Å². The van der Waals surface area contributed by atoms with Crippen LogP contribution in [-0.2, 0) is 98.1 Å². The molecule has 0 aromatic rings. The fraction of sp³-hybridized carbons (Fsp3) is 1.00. The maximum absolute atomic E-state index is 10.8. The molecule has 0 spiro atoms. The molecule has 0 fully saturated rings. The van der Waals surface area contributed by atoms with Crippen LogP contribution in [0.3, 0.4) is 0 Å². The Balaban J connectivity index is -0.0000000699. The minimum atomic E-state index is -3.24. The van der Waals surface area contributed by atoms with E-state index in [1.807, 2.05) is 12.5 Å². The predicted octanol–water partition coefficient (Wildman–Crippen LogP) is 4.12. The summed E-state index contributed by atoms with van der Waals surface area (Å²) in [6.45, 7) is -2.75. The second kappa shape index (κ2) is 53.4. The number of hydrogen-bond donors (Lipinski definition) is 2. The molecule has 0 saturated carbocycles. The van der Waals surface area contributed by atoms with E-state index in [1.54, 1.807) is 50.5 Å². The third-order valence-corrected chi connectivity index (χ3v) is 26.8. The van der Waals surface area contributed by atoms with Gasteiger partial charge in [-0.15, -0.1) is 0 Å². The van der Waals surface area contributed by atoms with Crippen LogP contribution in [0, 0.1) is 0 Å². The molecule has 21 nitrogen and oxygen atoms in total. The van der Waals surface area contributed by atoms with Gasteiger partial charge in [-0.1, -0.05) is 10.8 Å². The first kappa shape index (κ1) is 83.5. The average Bonchev–Trinajstić information content (AvgIpc) is 3.23. The Morgan fingerprint density at radius 2 is 1.00 bits per heavy atom. The topological polar surface area (TPSA) is 289 Å². The Bertz CT molecular complexity index is 1460. The molecule has 0 aliphatic heterocycles. The lowest BCUT2D eigenvalue weighted by molar-refractivity contribution is 0.295. The number of rotatable bonds is 17. The Morgan fingerprint density at radius 3 is 1.00 bits per heavy atom. The summed E-state index contributed by atoms with van der Waals surface area (Å²) in [5.41, 5.74) is 0. The summed E-state index contributed by atoms with van der Waals surface area (Å²) in [6.07, 6.45) is 17.7. The van der Waals surface area contributed by atoms with Crippen molar-refractivity contribution in [1.82, 2.24) is 18.1 Å². The fourth-order valence-corrected chi connectivity index (χ4v) is 6.97. The largest absolute Gasteiger partial charge is 0.388 e. The van der Waals surface area contributed by atoms with Crippen LogP contribution in [0.5, 0.6) is 0 Å². The van der Waals surface area contributed by atoms with Gasteiger partial charge < -0.3 is 9.05 Å². The maximum atomic E-state index is 10.8. The van der Waals surface area contributed by atoms with Crippen molar-refractivity contribution in [2.45, 2.75) is 0 Å². The Hall–Kier alpha value is 3.46. The van der Waals surface area contributed by atoms with Crippen molar-refractivity contribution in [3.05, 3.63) is 0 Å². The number of nitrogens with zero attached hydrogens (tertiary/aromatic N) is 2. The van der Waals surface area contributed by atoms with Gasteiger partial charge in [-0.05, 0) is 157 Å². The lowest BCUT2D eigenvalue weighted by Crippen LogP contribution is -2.17. The van der Waals surface area contributed by atoms with Crippen molar-refractivity contribution in [1.29, 1.82) is 0 Å². The SMILES string of the molecule is CNS(=O)(=O)SC.CNS(=O)SC.COP(=O)(OC)SC.COS(=O)(=O)SC.COS(=O)SC.CSS(=O)(=O)N(C)C.CSS(=O)N(C)C.CSS(C)(=O)=O.CSS(C)=O. The molecule has 39 heteroatoms. The first-order valence-electron chi connectivity index (χ1n) is 14.1. The van der Waals surface area contributed by atoms with Crippen molar-refractivity contribution in [2.24, 2.45) is 0 Å². The standard InChI is InChI=1S/C3H9NO2S2.C3H9NOS2.C3H9O3PS.C2H7NO2S2.C2H7NOS2.C2H6O3S2.2C2H6O2S2.C2H6OS2/c1-4(2)8(5,6)7-3;1-4(2)7(5)6-3;1-5-7(4,6-2)8-3;1-3-7(4,5)6-2;1-3-6(4)5-2;1-5-7(3,4)6-2;1-5-6(2,3)4;1-4-6(3)5-2;1-4-5(2)3/h1-3H3;1-3H3;1-3H3;3H,1-2H3;3H,1-2H3;1-2H3;2*1-2H3;1-2H3. The molecule has 0 rings (SSSR count). The molecule has 0 saturated heterocycles. The highest BCUT2D eigenvalue weighted by atomic mass is 33.2. The monoisotopic (exact) mass is 1220 g/mol. The summed E-state index contributed by atoms with van der Waals surface area (Å²) < 4.78 is 158. The van der Waals surface area contributed by atoms with Crippen LogP contribution in [0.1, 0.15) is 0 Å². The average molecular weight is 1220 g/mol. The van der Waals surface area contributed by atoms with E-state index in [1.165, 1.54) is 121 Å². The minimum Gasteiger partial charge on any atom is -0.304 e. The summed E-state index contributed by atoms with van der Waals surface area (Å²) in [4.78, 5) is 0. The molecule has 0 bridgehead atoms. The van der Waals surface area contributed by atoms with Gasteiger partial charge in [0.1, 0.15) is 0 Å². The Kier molecular flexibility index (Phi) is 74.3. The first-order chi connectivity index (χ1) is 27.1. The molecular formula is C21H65N4O17PS17. The van der Waals surface area contributed by atoms with Gasteiger partial charge in [0.15, 0.2) is 28.9 Å². The van der Waals surface area contributed by atoms with Gasteiger partial charge >= 0.3 is 15.9 Å². The summed E-state index contributed by atoms with van der Waals surface area (Å²) in [5.74, 6) is 0. The third kappa shape index (κ3) is 81.6. The van der Waals surface area contributed by atoms with Crippen molar-refractivity contribution in [3.8, 4) is 0 Å². The Morgan fingerprint density at radius 1 is 0.617 bits per heavy atom. The van der Waals surface area contributed by atoms with Gasteiger partial charge in [-0.25, -0.2) is 60.4 Å². The fourth-order valence-electron chi connectivity index (χ4n) is 0.824. The minimum absolute atomic E-state index is 0.656. The van der Waals surface area contributed by atoms with E-state index < -0.39 is 82.9 Å². The lowest BCUT2D eigenvalue weighted by Gasteiger charge is -2.07. The molecule has 4 atom stereocenters. The number of hydrogen-bond acceptors (Lipinski definition) is 26. The van der Waals surface area contributed by atoms with E-state index in [0.29, 0.717) is 10.8 Å². The summed E-state index contributed by atoms with van der Waals surface area (Å²) in [6, 6.07) is 0. The maximum Gasteiger partial charge on any atom is 0.388 e. The molecule has 0 aliphatic carbocycles. The summed E-state index contributed by atoms with van der Waals surface area (Å²) in [5, 5.41) is 0. The highest BCUT2D eigenvalue weighted by Crippen LogP contribution is 2.57. The summed E-state index contributed by atoms with van der Waals surface area (Å²) in [7, 11) is 7.75. The third-order valence-electron chi connectivity index (χ3n) is 3.77. The smallest absolute Gasteiger partial charge is 0.304 e. The van der Waals surface area contributed by atoms with Crippen LogP contribution < -0.4 is 9.44 Å². The predicted molar refractivity (Wildman–Crippen MR) is 283 cm³/mol. The van der Waals surface area contributed by atoms with Crippen LogP contribution in [0.15, 0.2) is 0 Å². The van der Waals surface area contributed by atoms with Crippen molar-refractivity contribution >= 4 is 181 Å². The van der Waals surface area contributed by atoms with Gasteiger partial charge in [0, 0.05) is 54.9 Å². The second-order valence-electron chi connectivity index (χ2n) is 7.75. The van der Waals surface area contributed by atoms with E-state index in [-0.39, 0.29) is 0 Å². The molecule has 0 amide bonds. The van der Waals surface area contributed by atoms with E-state index in [0.717, 1.165) is 50.9 Å². The summed E-state index contributed by atoms with van der Waals surface area (Å²) >= 11 is 1.08. The van der Waals surface area contributed by atoms with Gasteiger partial charge in [-0.3, -0.25) is 8.37 Å². The molecule has 4 unspecified atom stereocenters. The van der Waals surface area contributed by atoms with Crippen LogP contribution >= 0.6 is 105 Å². The molecule has 2 N–H and O–H groups in total. The lowest BCUT2D eigenvalue weighted by atomic mass is 11.3. The zero-order valence-electron chi connectivity index (χ0n) is 37.2. The van der Waals surface area contributed by atoms with Gasteiger partial charge in [-0.2, -0.15) is 12.7 Å². The molecule has 0 aromatic carbocycles. The van der Waals surface area contributed by atoms with Gasteiger partial charge in [0.05, 0.1) is 24.1 Å². The van der Waals surface area contributed by atoms with Crippen LogP contribution in [0.2, 0.25) is 0 Å². The first-order valence-corrected chi connectivity index (χ1v) is 42.5. The van der Waals surface area contributed by atoms with Gasteiger partial charge in [0.2, 0.25) is 10.1 Å². The highest BCUT2D eigenvalue weighted by molar-refractivity contribution is 8.72. The van der Waals surface area contributed by atoms with E-state index in [4.69, 9.17) is 0 Å². The van der Waals surface area contributed by atoms with Crippen molar-refractivity contribution in [3.63, 3.8) is 0 Å². The quantitative estimate of drug-likeness (QED) is 0.153. The van der Waals surface area contributed by atoms with E-state index in [9.17, 15) is 55.1 Å². The molecule has 0 heterocycles. The molecule has 0 aromatic heterocycles. The van der Waals surface area contributed by atoms with E-state index in [2.05, 4.69) is 26.9 Å². The Labute approximate surface area is 406 Å². The highest BCUT2D eigenvalue weighted by Gasteiger charge is 2.17. The number of nitrogens with one attached hydrogen (secondary N) is 2. The zero-order valence-corrected chi connectivity index (χ0v) is 52.0. The van der Waals surface area contributed by atoms with Gasteiger partial charge in [0.25, 0.3) is 18.1 Å². The van der Waals surface area contributed by atoms with Crippen LogP contribution in [0.4, 0.5) is 0 Å². The van der Waals surface area contributed by atoms with Crippen molar-refractivity contribution < 1.29 is 72.5 Å². The van der Waals surface area contributed by atoms with Crippen molar-refractivity contribution in [2.75, 3.05) is 140 Å². The molecule has 0 radical (unpaired) electrons. The molecule has 0 aliphatic rings. The molecule has 378 valence electrons. The molecular weight excluding hydrogens is 1160 g/mol.